The molecule has 0 fully saturated rings. The van der Waals surface area contributed by atoms with Gasteiger partial charge in [0.25, 0.3) is 11.8 Å². The lowest BCUT2D eigenvalue weighted by atomic mass is 10.1. The molecule has 0 radical (unpaired) electrons. The fourth-order valence-corrected chi connectivity index (χ4v) is 3.57. The Morgan fingerprint density at radius 3 is 2.32 bits per heavy atom. The Bertz CT molecular complexity index is 788. The van der Waals surface area contributed by atoms with Crippen molar-refractivity contribution in [1.29, 1.82) is 0 Å². The monoisotopic (exact) mass is 516 g/mol. The zero-order valence-corrected chi connectivity index (χ0v) is 17.8. The number of hydrogen-bond acceptors (Lipinski definition) is 3. The second-order valence-corrected chi connectivity index (χ2v) is 7.63. The van der Waals surface area contributed by atoms with Crippen molar-refractivity contribution in [3.8, 4) is 5.75 Å². The molecule has 0 saturated heterocycles. The van der Waals surface area contributed by atoms with Gasteiger partial charge >= 0.3 is 0 Å². The molecule has 2 aromatic carbocycles. The molecule has 0 aliphatic rings. The molecule has 2 N–H and O–H groups in total. The predicted molar refractivity (Wildman–Crippen MR) is 108 cm³/mol. The molecule has 0 spiro atoms. The number of carbonyl (C=O) groups excluding carboxylic acids is 2. The standard InChI is InChI=1S/C18H18BrIN2O3/c1-10-8-13(19)9-11(2)16(10)25-12(3)17(23)21-22-18(24)14-6-4-5-7-15(14)20/h4-9,12H,1-3H3,(H,21,23)(H,22,24). The first-order chi connectivity index (χ1) is 11.8. The maximum atomic E-state index is 12.2. The van der Waals surface area contributed by atoms with E-state index in [9.17, 15) is 9.59 Å². The fourth-order valence-electron chi connectivity index (χ4n) is 2.25. The highest BCUT2D eigenvalue weighted by atomic mass is 127. The van der Waals surface area contributed by atoms with Crippen LogP contribution in [0.5, 0.6) is 5.75 Å². The van der Waals surface area contributed by atoms with Gasteiger partial charge in [0.15, 0.2) is 6.10 Å². The number of aryl methyl sites for hydroxylation is 2. The van der Waals surface area contributed by atoms with Gasteiger partial charge in [-0.3, -0.25) is 20.4 Å². The molecule has 0 aliphatic heterocycles. The van der Waals surface area contributed by atoms with Crippen molar-refractivity contribution in [3.63, 3.8) is 0 Å². The van der Waals surface area contributed by atoms with Gasteiger partial charge in [0.05, 0.1) is 5.56 Å². The van der Waals surface area contributed by atoms with Crippen LogP contribution in [0.15, 0.2) is 40.9 Å². The summed E-state index contributed by atoms with van der Waals surface area (Å²) in [4.78, 5) is 24.3. The van der Waals surface area contributed by atoms with Crippen LogP contribution in [0, 0.1) is 17.4 Å². The summed E-state index contributed by atoms with van der Waals surface area (Å²) in [6.45, 7) is 5.46. The second kappa shape index (κ2) is 8.66. The van der Waals surface area contributed by atoms with Crippen molar-refractivity contribution in [2.24, 2.45) is 0 Å². The molecule has 0 aromatic heterocycles. The Balaban J connectivity index is 1.97. The summed E-state index contributed by atoms with van der Waals surface area (Å²) in [7, 11) is 0. The first kappa shape index (κ1) is 19.7. The van der Waals surface area contributed by atoms with E-state index in [1.54, 1.807) is 19.1 Å². The van der Waals surface area contributed by atoms with Crippen LogP contribution in [-0.2, 0) is 4.79 Å². The average Bonchev–Trinajstić information content (AvgIpc) is 2.55. The largest absolute Gasteiger partial charge is 0.480 e. The van der Waals surface area contributed by atoms with Crippen molar-refractivity contribution < 1.29 is 14.3 Å². The molecule has 0 aliphatic carbocycles. The third-order valence-corrected chi connectivity index (χ3v) is 4.91. The van der Waals surface area contributed by atoms with E-state index in [2.05, 4.69) is 49.4 Å². The second-order valence-electron chi connectivity index (χ2n) is 5.55. The molecule has 2 amide bonds. The van der Waals surface area contributed by atoms with Crippen molar-refractivity contribution in [1.82, 2.24) is 10.9 Å². The van der Waals surface area contributed by atoms with E-state index >= 15 is 0 Å². The van der Waals surface area contributed by atoms with E-state index in [0.717, 1.165) is 19.2 Å². The molecule has 1 unspecified atom stereocenters. The van der Waals surface area contributed by atoms with E-state index in [-0.39, 0.29) is 5.91 Å². The molecule has 0 saturated carbocycles. The maximum Gasteiger partial charge on any atom is 0.279 e. The summed E-state index contributed by atoms with van der Waals surface area (Å²) in [6.07, 6.45) is -0.756. The smallest absolute Gasteiger partial charge is 0.279 e. The molecule has 25 heavy (non-hydrogen) atoms. The van der Waals surface area contributed by atoms with Gasteiger partial charge in [-0.2, -0.15) is 0 Å². The lowest BCUT2D eigenvalue weighted by Crippen LogP contribution is -2.47. The molecule has 2 rings (SSSR count). The quantitative estimate of drug-likeness (QED) is 0.478. The highest BCUT2D eigenvalue weighted by Crippen LogP contribution is 2.28. The maximum absolute atomic E-state index is 12.2. The van der Waals surface area contributed by atoms with Crippen molar-refractivity contribution in [3.05, 3.63) is 61.1 Å². The van der Waals surface area contributed by atoms with Crippen LogP contribution in [0.3, 0.4) is 0 Å². The van der Waals surface area contributed by atoms with E-state index in [0.29, 0.717) is 11.3 Å². The van der Waals surface area contributed by atoms with Gasteiger partial charge in [0.2, 0.25) is 0 Å². The number of ether oxygens (including phenoxy) is 1. The minimum atomic E-state index is -0.756. The third-order valence-electron chi connectivity index (χ3n) is 3.51. The summed E-state index contributed by atoms with van der Waals surface area (Å²) >= 11 is 5.50. The van der Waals surface area contributed by atoms with Crippen LogP contribution < -0.4 is 15.6 Å². The summed E-state index contributed by atoms with van der Waals surface area (Å²) in [5.74, 6) is -0.141. The van der Waals surface area contributed by atoms with Crippen molar-refractivity contribution >= 4 is 50.3 Å². The summed E-state index contributed by atoms with van der Waals surface area (Å²) in [6, 6.07) is 11.0. The highest BCUT2D eigenvalue weighted by Gasteiger charge is 2.18. The van der Waals surface area contributed by atoms with Crippen molar-refractivity contribution in [2.75, 3.05) is 0 Å². The molecule has 132 valence electrons. The third kappa shape index (κ3) is 5.18. The first-order valence-corrected chi connectivity index (χ1v) is 9.45. The molecule has 5 nitrogen and oxygen atoms in total. The zero-order valence-electron chi connectivity index (χ0n) is 14.0. The lowest BCUT2D eigenvalue weighted by Gasteiger charge is -2.18. The van der Waals surface area contributed by atoms with Crippen LogP contribution in [0.4, 0.5) is 0 Å². The van der Waals surface area contributed by atoms with Crippen LogP contribution in [0.2, 0.25) is 0 Å². The molecular weight excluding hydrogens is 499 g/mol. The van der Waals surface area contributed by atoms with Crippen molar-refractivity contribution in [2.45, 2.75) is 26.9 Å². The summed E-state index contributed by atoms with van der Waals surface area (Å²) < 4.78 is 7.53. The molecule has 0 heterocycles. The fraction of sp³-hybridized carbons (Fsp3) is 0.222. The van der Waals surface area contributed by atoms with E-state index < -0.39 is 12.0 Å². The van der Waals surface area contributed by atoms with E-state index in [1.807, 2.05) is 38.1 Å². The van der Waals surface area contributed by atoms with Gasteiger partial charge in [-0.05, 0) is 78.8 Å². The number of halogens is 2. The van der Waals surface area contributed by atoms with Crippen LogP contribution >= 0.6 is 38.5 Å². The number of amides is 2. The van der Waals surface area contributed by atoms with Crippen LogP contribution in [-0.4, -0.2) is 17.9 Å². The van der Waals surface area contributed by atoms with Gasteiger partial charge in [0, 0.05) is 8.04 Å². The number of benzene rings is 2. The minimum Gasteiger partial charge on any atom is -0.480 e. The van der Waals surface area contributed by atoms with Gasteiger partial charge < -0.3 is 4.74 Å². The number of carbonyl (C=O) groups is 2. The topological polar surface area (TPSA) is 67.4 Å². The SMILES string of the molecule is Cc1cc(Br)cc(C)c1OC(C)C(=O)NNC(=O)c1ccccc1I. The zero-order chi connectivity index (χ0) is 18.6. The average molecular weight is 517 g/mol. The van der Waals surface area contributed by atoms with E-state index in [1.165, 1.54) is 0 Å². The Hall–Kier alpha value is -1.61. The molecule has 1 atom stereocenters. The predicted octanol–water partition coefficient (Wildman–Crippen LogP) is 3.90. The Morgan fingerprint density at radius 1 is 1.12 bits per heavy atom. The normalized spacial score (nSPS) is 11.6. The minimum absolute atomic E-state index is 0.374. The summed E-state index contributed by atoms with van der Waals surface area (Å²) in [5, 5.41) is 0. The molecule has 7 heteroatoms. The lowest BCUT2D eigenvalue weighted by molar-refractivity contribution is -0.128. The number of hydrogen-bond donors (Lipinski definition) is 2. The van der Waals surface area contributed by atoms with Crippen LogP contribution in [0.1, 0.15) is 28.4 Å². The van der Waals surface area contributed by atoms with Gasteiger partial charge in [0.1, 0.15) is 5.75 Å². The molecule has 2 aromatic rings. The van der Waals surface area contributed by atoms with E-state index in [4.69, 9.17) is 4.74 Å². The van der Waals surface area contributed by atoms with Gasteiger partial charge in [-0.15, -0.1) is 0 Å². The molecular formula is C18H18BrIN2O3. The number of hydrazine groups is 1. The first-order valence-electron chi connectivity index (χ1n) is 7.57. The summed E-state index contributed by atoms with van der Waals surface area (Å²) in [5.41, 5.74) is 7.16. The Labute approximate surface area is 168 Å². The van der Waals surface area contributed by atoms with Gasteiger partial charge in [-0.1, -0.05) is 28.1 Å². The number of nitrogens with one attached hydrogen (secondary N) is 2. The Kier molecular flexibility index (Phi) is 6.83. The molecule has 0 bridgehead atoms. The van der Waals surface area contributed by atoms with Crippen LogP contribution in [0.25, 0.3) is 0 Å². The Morgan fingerprint density at radius 2 is 1.72 bits per heavy atom. The highest BCUT2D eigenvalue weighted by molar-refractivity contribution is 14.1. The van der Waals surface area contributed by atoms with Gasteiger partial charge in [-0.25, -0.2) is 0 Å². The number of rotatable bonds is 4.